The van der Waals surface area contributed by atoms with Gasteiger partial charge in [0.15, 0.2) is 0 Å². The number of ether oxygens (including phenoxy) is 2. The number of nitrogens with zero attached hydrogens (tertiary/aromatic N) is 3. The van der Waals surface area contributed by atoms with Gasteiger partial charge in [-0.3, -0.25) is 4.57 Å². The summed E-state index contributed by atoms with van der Waals surface area (Å²) in [5, 5.41) is 18.1. The molecule has 0 spiro atoms. The summed E-state index contributed by atoms with van der Waals surface area (Å²) in [4.78, 5) is 11.7. The maximum Gasteiger partial charge on any atom is 0.354 e. The van der Waals surface area contributed by atoms with E-state index in [1.54, 1.807) is 24.3 Å². The lowest BCUT2D eigenvalue weighted by atomic mass is 10.2. The van der Waals surface area contributed by atoms with E-state index in [9.17, 15) is 4.79 Å². The average molecular weight is 285 g/mol. The third-order valence-electron chi connectivity index (χ3n) is 2.77. The zero-order valence-corrected chi connectivity index (χ0v) is 11.4. The van der Waals surface area contributed by atoms with E-state index in [2.05, 4.69) is 0 Å². The summed E-state index contributed by atoms with van der Waals surface area (Å²) in [7, 11) is 2.77. The van der Waals surface area contributed by atoms with Crippen molar-refractivity contribution in [1.29, 1.82) is 10.5 Å². The largest absolute Gasteiger partial charge is 0.464 e. The van der Waals surface area contributed by atoms with Gasteiger partial charge in [-0.1, -0.05) is 0 Å². The molecule has 0 aromatic carbocycles. The van der Waals surface area contributed by atoms with Gasteiger partial charge in [0, 0.05) is 18.6 Å². The van der Waals surface area contributed by atoms with Crippen molar-refractivity contribution in [2.45, 2.75) is 6.73 Å². The van der Waals surface area contributed by atoms with Crippen LogP contribution in [0.4, 0.5) is 0 Å². The smallest absolute Gasteiger partial charge is 0.354 e. The highest BCUT2D eigenvalue weighted by molar-refractivity contribution is 5.94. The molecule has 0 fully saturated rings. The molecular weight excluding hydrogens is 274 g/mol. The van der Waals surface area contributed by atoms with Crippen molar-refractivity contribution in [3.8, 4) is 12.1 Å². The van der Waals surface area contributed by atoms with Gasteiger partial charge < -0.3 is 13.9 Å². The van der Waals surface area contributed by atoms with Crippen LogP contribution in [0.3, 0.4) is 0 Å². The van der Waals surface area contributed by atoms with Gasteiger partial charge >= 0.3 is 5.97 Å². The van der Waals surface area contributed by atoms with E-state index in [0.717, 1.165) is 0 Å². The number of hydrogen-bond acceptors (Lipinski definition) is 6. The molecule has 0 saturated heterocycles. The molecule has 7 nitrogen and oxygen atoms in total. The van der Waals surface area contributed by atoms with Crippen LogP contribution >= 0.6 is 0 Å². The van der Waals surface area contributed by atoms with Crippen LogP contribution in [0.2, 0.25) is 0 Å². The lowest BCUT2D eigenvalue weighted by molar-refractivity contribution is 0.0567. The molecule has 2 rings (SSSR count). The van der Waals surface area contributed by atoms with E-state index in [1.807, 2.05) is 0 Å². The van der Waals surface area contributed by atoms with E-state index in [4.69, 9.17) is 24.4 Å². The van der Waals surface area contributed by atoms with Gasteiger partial charge in [-0.15, -0.1) is 0 Å². The first-order valence-corrected chi connectivity index (χ1v) is 5.86. The van der Waals surface area contributed by atoms with Gasteiger partial charge in [0.05, 0.1) is 7.11 Å². The Morgan fingerprint density at radius 1 is 1.38 bits per heavy atom. The fourth-order valence-corrected chi connectivity index (χ4v) is 1.90. The molecule has 0 N–H and O–H groups in total. The first-order valence-electron chi connectivity index (χ1n) is 5.86. The number of hydrogen-bond donors (Lipinski definition) is 0. The quantitative estimate of drug-likeness (QED) is 0.629. The minimum absolute atomic E-state index is 0.0714. The Balaban J connectivity index is 2.56. The highest BCUT2D eigenvalue weighted by atomic mass is 16.5. The Labute approximate surface area is 120 Å². The molecule has 2 aromatic rings. The molecule has 0 aliphatic carbocycles. The first-order chi connectivity index (χ1) is 10.1. The second-order valence-electron chi connectivity index (χ2n) is 4.06. The summed E-state index contributed by atoms with van der Waals surface area (Å²) < 4.78 is 16.8. The number of carbonyl (C=O) groups excluding carboxylic acids is 1. The Bertz CT molecular complexity index is 783. The molecule has 0 unspecified atom stereocenters. The summed E-state index contributed by atoms with van der Waals surface area (Å²) in [6.45, 7) is 0.105. The summed E-state index contributed by atoms with van der Waals surface area (Å²) in [6, 6.07) is 6.72. The lowest BCUT2D eigenvalue weighted by Crippen LogP contribution is -2.11. The molecule has 0 bridgehead atoms. The fraction of sp³-hybridized carbons (Fsp3) is 0.214. The predicted octanol–water partition coefficient (Wildman–Crippen LogP) is 2.06. The molecule has 106 valence electrons. The van der Waals surface area contributed by atoms with Crippen LogP contribution in [0, 0.1) is 22.7 Å². The highest BCUT2D eigenvalue weighted by Gasteiger charge is 2.19. The number of rotatable bonds is 4. The zero-order chi connectivity index (χ0) is 15.4. The monoisotopic (exact) mass is 285 g/mol. The van der Waals surface area contributed by atoms with E-state index in [1.165, 1.54) is 24.9 Å². The van der Waals surface area contributed by atoms with E-state index < -0.39 is 5.97 Å². The average Bonchev–Trinajstić information content (AvgIpc) is 3.03. The number of methoxy groups -OCH3 is 2. The summed E-state index contributed by atoms with van der Waals surface area (Å²) >= 11 is 0. The van der Waals surface area contributed by atoms with Crippen LogP contribution < -0.4 is 0 Å². The minimum atomic E-state index is -0.509. The number of furan rings is 1. The number of carbonyl (C=O) groups is 1. The first kappa shape index (κ1) is 14.4. The number of esters is 1. The Kier molecular flexibility index (Phi) is 4.07. The van der Waals surface area contributed by atoms with Crippen molar-refractivity contribution in [3.05, 3.63) is 29.2 Å². The van der Waals surface area contributed by atoms with Gasteiger partial charge in [-0.2, -0.15) is 10.5 Å². The molecule has 0 saturated carbocycles. The molecule has 2 heterocycles. The van der Waals surface area contributed by atoms with Crippen LogP contribution in [0.5, 0.6) is 0 Å². The van der Waals surface area contributed by atoms with Crippen LogP contribution in [0.15, 0.2) is 22.1 Å². The van der Waals surface area contributed by atoms with E-state index in [-0.39, 0.29) is 12.3 Å². The van der Waals surface area contributed by atoms with Crippen molar-refractivity contribution < 1.29 is 18.7 Å². The minimum Gasteiger partial charge on any atom is -0.464 e. The van der Waals surface area contributed by atoms with E-state index in [0.29, 0.717) is 22.6 Å². The lowest BCUT2D eigenvalue weighted by Gasteiger charge is -2.06. The zero-order valence-electron chi connectivity index (χ0n) is 11.4. The van der Waals surface area contributed by atoms with Gasteiger partial charge in [0.2, 0.25) is 5.71 Å². The maximum absolute atomic E-state index is 11.7. The fourth-order valence-electron chi connectivity index (χ4n) is 1.90. The molecular formula is C14H11N3O4. The molecule has 21 heavy (non-hydrogen) atoms. The topological polar surface area (TPSA) is 101 Å². The Morgan fingerprint density at radius 3 is 2.67 bits per heavy atom. The van der Waals surface area contributed by atoms with Crippen LogP contribution in [0.1, 0.15) is 16.2 Å². The van der Waals surface area contributed by atoms with Crippen LogP contribution in [-0.2, 0) is 16.2 Å². The third-order valence-corrected chi connectivity index (χ3v) is 2.77. The molecule has 0 aliphatic rings. The summed E-state index contributed by atoms with van der Waals surface area (Å²) in [6.07, 6.45) is 1.33. The number of fused-ring (bicyclic) bond motifs is 1. The summed E-state index contributed by atoms with van der Waals surface area (Å²) in [5.74, 6) is -0.162. The van der Waals surface area contributed by atoms with Gasteiger partial charge in [0.1, 0.15) is 35.9 Å². The highest BCUT2D eigenvalue weighted by Crippen LogP contribution is 2.26. The third kappa shape index (κ3) is 2.64. The number of nitriles is 2. The second-order valence-corrected chi connectivity index (χ2v) is 4.06. The molecule has 0 aliphatic heterocycles. The van der Waals surface area contributed by atoms with Crippen molar-refractivity contribution in [2.24, 2.45) is 0 Å². The molecule has 2 aromatic heterocycles. The van der Waals surface area contributed by atoms with Crippen molar-refractivity contribution in [2.75, 3.05) is 14.2 Å². The second kappa shape index (κ2) is 5.95. The molecule has 0 atom stereocenters. The van der Waals surface area contributed by atoms with Crippen LogP contribution in [0.25, 0.3) is 17.2 Å². The van der Waals surface area contributed by atoms with E-state index >= 15 is 0 Å². The number of aromatic nitrogens is 1. The Hall–Kier alpha value is -3.03. The molecule has 0 amide bonds. The Morgan fingerprint density at radius 2 is 2.10 bits per heavy atom. The van der Waals surface area contributed by atoms with Gasteiger partial charge in [0.25, 0.3) is 0 Å². The normalized spacial score (nSPS) is 9.90. The maximum atomic E-state index is 11.7. The van der Waals surface area contributed by atoms with Gasteiger partial charge in [-0.25, -0.2) is 4.79 Å². The molecule has 7 heteroatoms. The predicted molar refractivity (Wildman–Crippen MR) is 71.8 cm³/mol. The van der Waals surface area contributed by atoms with Crippen molar-refractivity contribution in [3.63, 3.8) is 0 Å². The SMILES string of the molecule is COCn1c(C(=O)OC)cc2cc(C=C(C#N)C#N)oc21. The molecule has 0 radical (unpaired) electrons. The van der Waals surface area contributed by atoms with Crippen molar-refractivity contribution >= 4 is 23.1 Å². The van der Waals surface area contributed by atoms with Crippen molar-refractivity contribution in [1.82, 2.24) is 4.57 Å². The van der Waals surface area contributed by atoms with Crippen LogP contribution in [-0.4, -0.2) is 24.8 Å². The number of allylic oxidation sites excluding steroid dienone is 1. The summed E-state index contributed by atoms with van der Waals surface area (Å²) in [5.41, 5.74) is 0.626. The standard InChI is InChI=1S/C14H11N3O4/c1-19-8-17-12(14(18)20-2)5-10-4-11(21-13(10)17)3-9(6-15)7-16/h3-5H,8H2,1-2H3. The van der Waals surface area contributed by atoms with Gasteiger partial charge in [-0.05, 0) is 12.1 Å².